The Balaban J connectivity index is 2.47. The molecule has 0 aromatic carbocycles. The van der Waals surface area contributed by atoms with E-state index in [0.717, 1.165) is 12.2 Å². The highest BCUT2D eigenvalue weighted by Gasteiger charge is 1.96. The molecule has 76 valence electrons. The first-order chi connectivity index (χ1) is 6.74. The Hall–Kier alpha value is -1.78. The molecule has 14 heavy (non-hydrogen) atoms. The lowest BCUT2D eigenvalue weighted by molar-refractivity contribution is -0.142. The molecule has 1 aromatic rings. The summed E-state index contributed by atoms with van der Waals surface area (Å²) in [6, 6.07) is 3.76. The summed E-state index contributed by atoms with van der Waals surface area (Å²) in [5.74, 6) is -1.03. The van der Waals surface area contributed by atoms with Crippen LogP contribution in [0.25, 0.3) is 0 Å². The average molecular weight is 196 g/mol. The molecule has 0 aliphatic heterocycles. The molecular formula is C9H12N2O3. The number of aliphatic carboxylic acids is 1. The van der Waals surface area contributed by atoms with E-state index in [-0.39, 0.29) is 0 Å². The van der Waals surface area contributed by atoms with Crippen LogP contribution in [0.1, 0.15) is 12.6 Å². The molecule has 0 atom stereocenters. The zero-order valence-corrected chi connectivity index (χ0v) is 7.88. The van der Waals surface area contributed by atoms with Crippen LogP contribution in [0, 0.1) is 0 Å². The van der Waals surface area contributed by atoms with Gasteiger partial charge in [-0.05, 0) is 19.1 Å². The Kier molecular flexibility index (Phi) is 3.72. The van der Waals surface area contributed by atoms with E-state index >= 15 is 0 Å². The van der Waals surface area contributed by atoms with E-state index in [1.54, 1.807) is 0 Å². The van der Waals surface area contributed by atoms with Crippen molar-refractivity contribution in [3.8, 4) is 0 Å². The maximum absolute atomic E-state index is 10.1. The van der Waals surface area contributed by atoms with Crippen molar-refractivity contribution in [1.29, 1.82) is 0 Å². The predicted molar refractivity (Wildman–Crippen MR) is 51.3 cm³/mol. The van der Waals surface area contributed by atoms with Gasteiger partial charge in [-0.2, -0.15) is 0 Å². The van der Waals surface area contributed by atoms with Gasteiger partial charge in [0.2, 0.25) is 6.61 Å². The molecule has 1 N–H and O–H groups in total. The number of aryl methyl sites for hydroxylation is 1. The first kappa shape index (κ1) is 10.3. The molecule has 0 unspecified atom stereocenters. The van der Waals surface area contributed by atoms with Crippen LogP contribution < -0.4 is 0 Å². The Morgan fingerprint density at radius 3 is 3.21 bits per heavy atom. The smallest absolute Gasteiger partial charge is 0.344 e. The van der Waals surface area contributed by atoms with E-state index in [1.165, 1.54) is 6.21 Å². The number of carboxylic acids is 1. The zero-order chi connectivity index (χ0) is 10.4. The molecule has 0 amide bonds. The molecule has 5 heteroatoms. The molecule has 0 aliphatic carbocycles. The fraction of sp³-hybridized carbons (Fsp3) is 0.333. The van der Waals surface area contributed by atoms with Crippen molar-refractivity contribution < 1.29 is 14.7 Å². The lowest BCUT2D eigenvalue weighted by Crippen LogP contribution is -2.04. The van der Waals surface area contributed by atoms with E-state index in [2.05, 4.69) is 9.99 Å². The SMILES string of the molecule is CCn1cccc1/C=N/OCC(=O)O. The Morgan fingerprint density at radius 2 is 2.57 bits per heavy atom. The predicted octanol–water partition coefficient (Wildman–Crippen LogP) is 0.943. The summed E-state index contributed by atoms with van der Waals surface area (Å²) >= 11 is 0. The van der Waals surface area contributed by atoms with Gasteiger partial charge in [0.05, 0.1) is 11.9 Å². The van der Waals surface area contributed by atoms with Gasteiger partial charge in [-0.25, -0.2) is 4.79 Å². The minimum atomic E-state index is -1.03. The van der Waals surface area contributed by atoms with Gasteiger partial charge in [0.15, 0.2) is 0 Å². The molecule has 1 aromatic heterocycles. The number of rotatable bonds is 5. The number of aromatic nitrogens is 1. The second kappa shape index (κ2) is 5.06. The molecular weight excluding hydrogens is 184 g/mol. The molecule has 1 heterocycles. The van der Waals surface area contributed by atoms with Gasteiger partial charge in [0.25, 0.3) is 0 Å². The van der Waals surface area contributed by atoms with Crippen molar-refractivity contribution in [2.45, 2.75) is 13.5 Å². The van der Waals surface area contributed by atoms with Crippen molar-refractivity contribution in [1.82, 2.24) is 4.57 Å². The average Bonchev–Trinajstić information content (AvgIpc) is 2.59. The van der Waals surface area contributed by atoms with Gasteiger partial charge in [0, 0.05) is 12.7 Å². The third kappa shape index (κ3) is 2.93. The molecule has 5 nitrogen and oxygen atoms in total. The minimum Gasteiger partial charge on any atom is -0.479 e. The second-order valence-corrected chi connectivity index (χ2v) is 2.62. The van der Waals surface area contributed by atoms with Crippen LogP contribution in [0.2, 0.25) is 0 Å². The molecule has 0 saturated heterocycles. The fourth-order valence-electron chi connectivity index (χ4n) is 1.02. The van der Waals surface area contributed by atoms with Gasteiger partial charge in [0.1, 0.15) is 0 Å². The molecule has 0 bridgehead atoms. The van der Waals surface area contributed by atoms with Crippen LogP contribution in [0.3, 0.4) is 0 Å². The van der Waals surface area contributed by atoms with E-state index in [4.69, 9.17) is 5.11 Å². The number of hydrogen-bond acceptors (Lipinski definition) is 3. The van der Waals surface area contributed by atoms with Crippen molar-refractivity contribution in [3.05, 3.63) is 24.0 Å². The lowest BCUT2D eigenvalue weighted by atomic mass is 10.4. The summed E-state index contributed by atoms with van der Waals surface area (Å²) < 4.78 is 1.97. The number of nitrogens with zero attached hydrogens (tertiary/aromatic N) is 2. The first-order valence-electron chi connectivity index (χ1n) is 4.26. The molecule has 0 radical (unpaired) electrons. The Morgan fingerprint density at radius 1 is 1.79 bits per heavy atom. The van der Waals surface area contributed by atoms with Crippen molar-refractivity contribution in [3.63, 3.8) is 0 Å². The van der Waals surface area contributed by atoms with Gasteiger partial charge >= 0.3 is 5.97 Å². The highest BCUT2D eigenvalue weighted by molar-refractivity contribution is 5.77. The van der Waals surface area contributed by atoms with Crippen LogP contribution in [-0.2, 0) is 16.2 Å². The summed E-state index contributed by atoms with van der Waals surface area (Å²) in [5.41, 5.74) is 0.887. The summed E-state index contributed by atoms with van der Waals surface area (Å²) in [4.78, 5) is 14.6. The quantitative estimate of drug-likeness (QED) is 0.563. The third-order valence-corrected chi connectivity index (χ3v) is 1.65. The topological polar surface area (TPSA) is 63.8 Å². The number of oxime groups is 1. The number of carbonyl (C=O) groups is 1. The standard InChI is InChI=1S/C9H12N2O3/c1-2-11-5-3-4-8(11)6-10-14-7-9(12)13/h3-6H,2,7H2,1H3,(H,12,13)/b10-6+. The maximum Gasteiger partial charge on any atom is 0.344 e. The first-order valence-corrected chi connectivity index (χ1v) is 4.26. The van der Waals surface area contributed by atoms with E-state index < -0.39 is 12.6 Å². The van der Waals surface area contributed by atoms with Crippen LogP contribution in [-0.4, -0.2) is 28.5 Å². The second-order valence-electron chi connectivity index (χ2n) is 2.62. The largest absolute Gasteiger partial charge is 0.479 e. The Bertz CT molecular complexity index is 331. The zero-order valence-electron chi connectivity index (χ0n) is 7.88. The number of carboxylic acid groups (broad SMARTS) is 1. The van der Waals surface area contributed by atoms with Crippen molar-refractivity contribution >= 4 is 12.2 Å². The summed E-state index contributed by atoms with van der Waals surface area (Å²) in [6.07, 6.45) is 3.41. The molecule has 1 rings (SSSR count). The van der Waals surface area contributed by atoms with Crippen LogP contribution in [0.5, 0.6) is 0 Å². The number of hydrogen-bond donors (Lipinski definition) is 1. The lowest BCUT2D eigenvalue weighted by Gasteiger charge is -1.99. The molecule has 0 aliphatic rings. The Labute approximate surface area is 81.6 Å². The molecule has 0 saturated carbocycles. The summed E-state index contributed by atoms with van der Waals surface area (Å²) in [5, 5.41) is 11.8. The van der Waals surface area contributed by atoms with Crippen LogP contribution >= 0.6 is 0 Å². The molecule has 0 fully saturated rings. The van der Waals surface area contributed by atoms with E-state index in [1.807, 2.05) is 29.8 Å². The van der Waals surface area contributed by atoms with Gasteiger partial charge in [-0.1, -0.05) is 5.16 Å². The summed E-state index contributed by atoms with van der Waals surface area (Å²) in [6.45, 7) is 2.44. The van der Waals surface area contributed by atoms with Crippen molar-refractivity contribution in [2.24, 2.45) is 5.16 Å². The normalized spacial score (nSPS) is 10.6. The van der Waals surface area contributed by atoms with E-state index in [0.29, 0.717) is 0 Å². The maximum atomic E-state index is 10.1. The van der Waals surface area contributed by atoms with Crippen LogP contribution in [0.4, 0.5) is 0 Å². The van der Waals surface area contributed by atoms with Gasteiger partial charge in [-0.3, -0.25) is 0 Å². The van der Waals surface area contributed by atoms with Crippen molar-refractivity contribution in [2.75, 3.05) is 6.61 Å². The highest BCUT2D eigenvalue weighted by atomic mass is 16.6. The van der Waals surface area contributed by atoms with E-state index in [9.17, 15) is 4.79 Å². The van der Waals surface area contributed by atoms with Crippen LogP contribution in [0.15, 0.2) is 23.5 Å². The van der Waals surface area contributed by atoms with Gasteiger partial charge < -0.3 is 14.5 Å². The summed E-state index contributed by atoms with van der Waals surface area (Å²) in [7, 11) is 0. The molecule has 0 spiro atoms. The van der Waals surface area contributed by atoms with Gasteiger partial charge in [-0.15, -0.1) is 0 Å². The third-order valence-electron chi connectivity index (χ3n) is 1.65. The highest BCUT2D eigenvalue weighted by Crippen LogP contribution is 1.98. The fourth-order valence-corrected chi connectivity index (χ4v) is 1.02. The minimum absolute atomic E-state index is 0.413. The monoisotopic (exact) mass is 196 g/mol.